The molecule has 3 heteroatoms. The summed E-state index contributed by atoms with van der Waals surface area (Å²) in [6, 6.07) is 3.98. The zero-order chi connectivity index (χ0) is 8.55. The summed E-state index contributed by atoms with van der Waals surface area (Å²) in [4.78, 5) is 1.10. The van der Waals surface area contributed by atoms with Crippen molar-refractivity contribution in [3.63, 3.8) is 0 Å². The zero-order valence-corrected chi connectivity index (χ0v) is 8.34. The number of benzene rings is 1. The van der Waals surface area contributed by atoms with Gasteiger partial charge in [-0.3, -0.25) is 0 Å². The van der Waals surface area contributed by atoms with Gasteiger partial charge in [0.15, 0.2) is 0 Å². The molecular weight excluding hydrogens is 192 g/mol. The van der Waals surface area contributed by atoms with Crippen molar-refractivity contribution in [1.82, 2.24) is 0 Å². The van der Waals surface area contributed by atoms with Gasteiger partial charge in [-0.2, -0.15) is 0 Å². The molecule has 64 valence electrons. The number of halogens is 1. The van der Waals surface area contributed by atoms with Crippen LogP contribution < -0.4 is 4.74 Å². The highest BCUT2D eigenvalue weighted by atomic mass is 35.5. The maximum Gasteiger partial charge on any atom is 0.134 e. The second-order valence-corrected chi connectivity index (χ2v) is 4.20. The molecule has 1 aromatic carbocycles. The fraction of sp³-hybridized carbons (Fsp3) is 0.333. The number of hydrogen-bond donors (Lipinski definition) is 0. The molecule has 0 N–H and O–H groups in total. The highest BCUT2D eigenvalue weighted by molar-refractivity contribution is 7.99. The number of aryl methyl sites for hydroxylation is 1. The molecule has 1 aliphatic rings. The molecule has 0 aliphatic carbocycles. The van der Waals surface area contributed by atoms with Gasteiger partial charge in [-0.25, -0.2) is 0 Å². The minimum atomic E-state index is 0.789. The summed E-state index contributed by atoms with van der Waals surface area (Å²) in [6.45, 7) is 2.80. The molecule has 1 nitrogen and oxygen atoms in total. The van der Waals surface area contributed by atoms with Crippen molar-refractivity contribution < 1.29 is 4.74 Å². The van der Waals surface area contributed by atoms with Crippen LogP contribution in [0.15, 0.2) is 17.0 Å². The lowest BCUT2D eigenvalue weighted by Crippen LogP contribution is -2.06. The van der Waals surface area contributed by atoms with Gasteiger partial charge in [0.2, 0.25) is 0 Å². The minimum Gasteiger partial charge on any atom is -0.491 e. The summed E-state index contributed by atoms with van der Waals surface area (Å²) in [5.41, 5.74) is 1.12. The average molecular weight is 201 g/mol. The summed E-state index contributed by atoms with van der Waals surface area (Å²) in [5.74, 6) is 1.93. The third-order valence-corrected chi connectivity index (χ3v) is 3.51. The van der Waals surface area contributed by atoms with Crippen molar-refractivity contribution in [2.75, 3.05) is 12.4 Å². The first-order valence-corrected chi connectivity index (χ1v) is 5.20. The zero-order valence-electron chi connectivity index (χ0n) is 6.76. The lowest BCUT2D eigenvalue weighted by atomic mass is 10.2. The first-order valence-electron chi connectivity index (χ1n) is 3.84. The van der Waals surface area contributed by atoms with E-state index in [9.17, 15) is 0 Å². The highest BCUT2D eigenvalue weighted by Gasteiger charge is 2.14. The van der Waals surface area contributed by atoms with Crippen LogP contribution in [0, 0.1) is 6.92 Å². The maximum absolute atomic E-state index is 6.11. The topological polar surface area (TPSA) is 9.23 Å². The molecule has 1 heterocycles. The van der Waals surface area contributed by atoms with Crippen molar-refractivity contribution >= 4 is 23.4 Å². The summed E-state index contributed by atoms with van der Waals surface area (Å²) in [5, 5.41) is 0.845. The molecule has 1 aliphatic heterocycles. The van der Waals surface area contributed by atoms with Crippen LogP contribution in [-0.2, 0) is 0 Å². The number of rotatable bonds is 0. The third-order valence-electron chi connectivity index (χ3n) is 1.84. The highest BCUT2D eigenvalue weighted by Crippen LogP contribution is 2.40. The fourth-order valence-electron chi connectivity index (χ4n) is 1.18. The Morgan fingerprint density at radius 2 is 2.33 bits per heavy atom. The van der Waals surface area contributed by atoms with Crippen molar-refractivity contribution in [2.45, 2.75) is 11.8 Å². The molecule has 2 rings (SSSR count). The van der Waals surface area contributed by atoms with Crippen LogP contribution in [0.3, 0.4) is 0 Å². The average Bonchev–Trinajstić information content (AvgIpc) is 2.12. The molecular formula is C9H9ClOS. The van der Waals surface area contributed by atoms with E-state index in [1.807, 2.05) is 19.1 Å². The Hall–Kier alpha value is -0.340. The summed E-state index contributed by atoms with van der Waals surface area (Å²) < 4.78 is 5.45. The van der Waals surface area contributed by atoms with Gasteiger partial charge in [0.1, 0.15) is 5.75 Å². The molecule has 12 heavy (non-hydrogen) atoms. The Kier molecular flexibility index (Phi) is 2.20. The van der Waals surface area contributed by atoms with Crippen LogP contribution in [0.2, 0.25) is 5.02 Å². The molecule has 0 saturated heterocycles. The van der Waals surface area contributed by atoms with Gasteiger partial charge >= 0.3 is 0 Å². The van der Waals surface area contributed by atoms with Gasteiger partial charge in [-0.05, 0) is 18.6 Å². The first kappa shape index (κ1) is 8.27. The smallest absolute Gasteiger partial charge is 0.134 e. The summed E-state index contributed by atoms with van der Waals surface area (Å²) >= 11 is 7.88. The Labute approximate surface area is 81.1 Å². The van der Waals surface area contributed by atoms with Gasteiger partial charge in [-0.15, -0.1) is 11.8 Å². The Morgan fingerprint density at radius 1 is 1.50 bits per heavy atom. The lowest BCUT2D eigenvalue weighted by molar-refractivity contribution is 0.330. The second-order valence-electron chi connectivity index (χ2n) is 2.72. The maximum atomic E-state index is 6.11. The van der Waals surface area contributed by atoms with E-state index in [1.165, 1.54) is 0 Å². The van der Waals surface area contributed by atoms with E-state index in [4.69, 9.17) is 16.3 Å². The van der Waals surface area contributed by atoms with Crippen molar-refractivity contribution in [1.29, 1.82) is 0 Å². The van der Waals surface area contributed by atoms with Crippen LogP contribution in [0.25, 0.3) is 0 Å². The minimum absolute atomic E-state index is 0.789. The standard InChI is InChI=1S/C9H9ClOS/c1-6-2-3-7-9(8(6)10)12-5-4-11-7/h2-3H,4-5H2,1H3. The lowest BCUT2D eigenvalue weighted by Gasteiger charge is -2.18. The van der Waals surface area contributed by atoms with E-state index in [2.05, 4.69) is 0 Å². The van der Waals surface area contributed by atoms with Crippen LogP contribution in [0.4, 0.5) is 0 Å². The third kappa shape index (κ3) is 1.29. The van der Waals surface area contributed by atoms with E-state index < -0.39 is 0 Å². The first-order chi connectivity index (χ1) is 5.79. The molecule has 0 bridgehead atoms. The Morgan fingerprint density at radius 3 is 3.17 bits per heavy atom. The number of fused-ring (bicyclic) bond motifs is 1. The molecule has 0 radical (unpaired) electrons. The molecule has 1 aromatic rings. The molecule has 0 atom stereocenters. The second kappa shape index (κ2) is 3.19. The number of hydrogen-bond acceptors (Lipinski definition) is 2. The molecule has 0 amide bonds. The Balaban J connectivity index is 2.54. The van der Waals surface area contributed by atoms with E-state index >= 15 is 0 Å². The predicted octanol–water partition coefficient (Wildman–Crippen LogP) is 3.13. The van der Waals surface area contributed by atoms with Crippen LogP contribution in [0.1, 0.15) is 5.56 Å². The number of thioether (sulfide) groups is 1. The fourth-order valence-corrected chi connectivity index (χ4v) is 2.43. The molecule has 0 spiro atoms. The van der Waals surface area contributed by atoms with Gasteiger partial charge in [-0.1, -0.05) is 17.7 Å². The van der Waals surface area contributed by atoms with Gasteiger partial charge < -0.3 is 4.74 Å². The monoisotopic (exact) mass is 200 g/mol. The summed E-state index contributed by atoms with van der Waals surface area (Å²) in [7, 11) is 0. The molecule has 0 unspecified atom stereocenters. The molecule has 0 saturated carbocycles. The van der Waals surface area contributed by atoms with Crippen molar-refractivity contribution in [2.24, 2.45) is 0 Å². The van der Waals surface area contributed by atoms with Crippen molar-refractivity contribution in [3.8, 4) is 5.75 Å². The quantitative estimate of drug-likeness (QED) is 0.637. The van der Waals surface area contributed by atoms with E-state index in [0.717, 1.165) is 33.6 Å². The largest absolute Gasteiger partial charge is 0.491 e. The normalized spacial score (nSPS) is 15.2. The van der Waals surface area contributed by atoms with Gasteiger partial charge in [0.25, 0.3) is 0 Å². The Bertz CT molecular complexity index is 312. The van der Waals surface area contributed by atoms with E-state index in [1.54, 1.807) is 11.8 Å². The van der Waals surface area contributed by atoms with Gasteiger partial charge in [0, 0.05) is 5.75 Å². The number of ether oxygens (including phenoxy) is 1. The van der Waals surface area contributed by atoms with Crippen LogP contribution in [-0.4, -0.2) is 12.4 Å². The van der Waals surface area contributed by atoms with Crippen LogP contribution >= 0.6 is 23.4 Å². The van der Waals surface area contributed by atoms with E-state index in [0.29, 0.717) is 0 Å². The molecule has 0 aromatic heterocycles. The van der Waals surface area contributed by atoms with Crippen LogP contribution in [0.5, 0.6) is 5.75 Å². The van der Waals surface area contributed by atoms with E-state index in [-0.39, 0.29) is 0 Å². The summed E-state index contributed by atoms with van der Waals surface area (Å²) in [6.07, 6.45) is 0. The molecule has 0 fully saturated rings. The predicted molar refractivity (Wildman–Crippen MR) is 52.4 cm³/mol. The van der Waals surface area contributed by atoms with Gasteiger partial charge in [0.05, 0.1) is 16.5 Å². The SMILES string of the molecule is Cc1ccc2c(c1Cl)SCCO2. The van der Waals surface area contributed by atoms with Crippen molar-refractivity contribution in [3.05, 3.63) is 22.7 Å².